The minimum atomic E-state index is 0.506. The highest BCUT2D eigenvalue weighted by Gasteiger charge is 2.02. The molecule has 0 heterocycles. The van der Waals surface area contributed by atoms with Crippen LogP contribution in [0.25, 0.3) is 0 Å². The van der Waals surface area contributed by atoms with E-state index >= 15 is 0 Å². The van der Waals surface area contributed by atoms with Crippen molar-refractivity contribution in [2.45, 2.75) is 18.7 Å². The predicted molar refractivity (Wildman–Crippen MR) is 59.0 cm³/mol. The van der Waals surface area contributed by atoms with E-state index in [-0.39, 0.29) is 0 Å². The Labute approximate surface area is 89.5 Å². The van der Waals surface area contributed by atoms with Crippen molar-refractivity contribution < 1.29 is 4.74 Å². The van der Waals surface area contributed by atoms with Crippen molar-refractivity contribution in [3.05, 3.63) is 23.2 Å². The van der Waals surface area contributed by atoms with E-state index in [9.17, 15) is 0 Å². The molecule has 1 nitrogen and oxygen atoms in total. The maximum atomic E-state index is 5.94. The Kier molecular flexibility index (Phi) is 3.94. The fraction of sp³-hybridized carbons (Fsp3) is 0.400. The predicted octanol–water partition coefficient (Wildman–Crippen LogP) is 3.66. The lowest BCUT2D eigenvalue weighted by atomic mass is 10.2. The number of rotatable bonds is 3. The van der Waals surface area contributed by atoms with Crippen molar-refractivity contribution in [2.75, 3.05) is 6.61 Å². The van der Waals surface area contributed by atoms with Gasteiger partial charge in [0.1, 0.15) is 5.75 Å². The van der Waals surface area contributed by atoms with E-state index in [2.05, 4.69) is 26.5 Å². The van der Waals surface area contributed by atoms with Crippen molar-refractivity contribution in [1.29, 1.82) is 0 Å². The van der Waals surface area contributed by atoms with Crippen molar-refractivity contribution in [3.8, 4) is 5.75 Å². The van der Waals surface area contributed by atoms with Gasteiger partial charge in [-0.1, -0.05) is 25.4 Å². The van der Waals surface area contributed by atoms with Gasteiger partial charge in [-0.2, -0.15) is 0 Å². The van der Waals surface area contributed by atoms with Crippen LogP contribution >= 0.6 is 24.2 Å². The molecule has 0 atom stereocenters. The molecule has 1 aromatic carbocycles. The number of thiol groups is 1. The van der Waals surface area contributed by atoms with Crippen molar-refractivity contribution in [1.82, 2.24) is 0 Å². The van der Waals surface area contributed by atoms with E-state index in [1.807, 2.05) is 12.1 Å². The van der Waals surface area contributed by atoms with Gasteiger partial charge in [0, 0.05) is 4.90 Å². The molecule has 72 valence electrons. The Morgan fingerprint density at radius 1 is 1.46 bits per heavy atom. The number of hydrogen-bond acceptors (Lipinski definition) is 2. The standard InChI is InChI=1S/C10H13ClOS/c1-7(2)6-12-10-4-3-8(13)5-9(10)11/h3-5,7,13H,6H2,1-2H3. The molecule has 0 aliphatic carbocycles. The number of ether oxygens (including phenoxy) is 1. The number of halogens is 1. The second kappa shape index (κ2) is 4.77. The maximum absolute atomic E-state index is 5.94. The van der Waals surface area contributed by atoms with Crippen LogP contribution in [0, 0.1) is 5.92 Å². The molecule has 0 fully saturated rings. The summed E-state index contributed by atoms with van der Waals surface area (Å²) in [6.45, 7) is 4.88. The normalized spacial score (nSPS) is 10.5. The van der Waals surface area contributed by atoms with Gasteiger partial charge in [0.2, 0.25) is 0 Å². The van der Waals surface area contributed by atoms with Gasteiger partial charge >= 0.3 is 0 Å². The lowest BCUT2D eigenvalue weighted by molar-refractivity contribution is 0.271. The molecule has 0 aliphatic rings. The van der Waals surface area contributed by atoms with Crippen molar-refractivity contribution >= 4 is 24.2 Å². The molecule has 0 bridgehead atoms. The van der Waals surface area contributed by atoms with Crippen molar-refractivity contribution in [2.24, 2.45) is 5.92 Å². The van der Waals surface area contributed by atoms with E-state index in [1.165, 1.54) is 0 Å². The molecule has 13 heavy (non-hydrogen) atoms. The Hall–Kier alpha value is -0.340. The third-order valence-corrected chi connectivity index (χ3v) is 2.06. The van der Waals surface area contributed by atoms with E-state index < -0.39 is 0 Å². The number of hydrogen-bond donors (Lipinski definition) is 1. The van der Waals surface area contributed by atoms with E-state index in [0.717, 1.165) is 10.6 Å². The number of benzene rings is 1. The molecule has 0 N–H and O–H groups in total. The third kappa shape index (κ3) is 3.49. The monoisotopic (exact) mass is 216 g/mol. The minimum absolute atomic E-state index is 0.506. The average molecular weight is 217 g/mol. The molecular formula is C10H13ClOS. The van der Waals surface area contributed by atoms with Crippen LogP contribution in [0.5, 0.6) is 5.75 Å². The summed E-state index contributed by atoms with van der Waals surface area (Å²) < 4.78 is 5.49. The summed E-state index contributed by atoms with van der Waals surface area (Å²) in [5, 5.41) is 0.619. The van der Waals surface area contributed by atoms with Crippen molar-refractivity contribution in [3.63, 3.8) is 0 Å². The van der Waals surface area contributed by atoms with Crippen LogP contribution in [-0.4, -0.2) is 6.61 Å². The molecule has 0 aliphatic heterocycles. The summed E-state index contributed by atoms with van der Waals surface area (Å²) in [6.07, 6.45) is 0. The molecule has 1 aromatic rings. The zero-order chi connectivity index (χ0) is 9.84. The van der Waals surface area contributed by atoms with Crippen LogP contribution < -0.4 is 4.74 Å². The second-order valence-corrected chi connectivity index (χ2v) is 4.24. The topological polar surface area (TPSA) is 9.23 Å². The lowest BCUT2D eigenvalue weighted by Crippen LogP contribution is -2.04. The van der Waals surface area contributed by atoms with Gasteiger partial charge < -0.3 is 4.74 Å². The maximum Gasteiger partial charge on any atom is 0.137 e. The fourth-order valence-electron chi connectivity index (χ4n) is 0.863. The second-order valence-electron chi connectivity index (χ2n) is 3.32. The quantitative estimate of drug-likeness (QED) is 0.759. The first-order valence-electron chi connectivity index (χ1n) is 4.21. The lowest BCUT2D eigenvalue weighted by Gasteiger charge is -2.09. The molecule has 0 radical (unpaired) electrons. The molecule has 3 heteroatoms. The highest BCUT2D eigenvalue weighted by atomic mass is 35.5. The Morgan fingerprint density at radius 3 is 2.69 bits per heavy atom. The van der Waals surface area contributed by atoms with Crippen LogP contribution in [0.1, 0.15) is 13.8 Å². The Morgan fingerprint density at radius 2 is 2.15 bits per heavy atom. The Balaban J connectivity index is 2.67. The van der Waals surface area contributed by atoms with Crippen LogP contribution in [0.15, 0.2) is 23.1 Å². The molecule has 0 amide bonds. The fourth-order valence-corrected chi connectivity index (χ4v) is 1.38. The van der Waals surface area contributed by atoms with Crippen LogP contribution in [0.3, 0.4) is 0 Å². The zero-order valence-electron chi connectivity index (χ0n) is 7.75. The van der Waals surface area contributed by atoms with Gasteiger partial charge in [0.05, 0.1) is 11.6 Å². The summed E-state index contributed by atoms with van der Waals surface area (Å²) in [5.74, 6) is 1.24. The van der Waals surface area contributed by atoms with Gasteiger partial charge in [-0.05, 0) is 24.1 Å². The molecule has 0 aromatic heterocycles. The van der Waals surface area contributed by atoms with Crippen LogP contribution in [0.2, 0.25) is 5.02 Å². The van der Waals surface area contributed by atoms with E-state index in [1.54, 1.807) is 6.07 Å². The first-order chi connectivity index (χ1) is 6.09. The average Bonchev–Trinajstić information content (AvgIpc) is 2.02. The molecular weight excluding hydrogens is 204 g/mol. The van der Waals surface area contributed by atoms with Gasteiger partial charge in [0.25, 0.3) is 0 Å². The van der Waals surface area contributed by atoms with E-state index in [0.29, 0.717) is 17.5 Å². The first-order valence-corrected chi connectivity index (χ1v) is 5.03. The van der Waals surface area contributed by atoms with Crippen LogP contribution in [0.4, 0.5) is 0 Å². The smallest absolute Gasteiger partial charge is 0.137 e. The molecule has 0 saturated carbocycles. The van der Waals surface area contributed by atoms with Gasteiger partial charge in [-0.15, -0.1) is 12.6 Å². The molecule has 0 spiro atoms. The first kappa shape index (κ1) is 10.7. The highest BCUT2D eigenvalue weighted by Crippen LogP contribution is 2.26. The molecule has 0 saturated heterocycles. The Bertz CT molecular complexity index is 286. The van der Waals surface area contributed by atoms with E-state index in [4.69, 9.17) is 16.3 Å². The summed E-state index contributed by atoms with van der Waals surface area (Å²) in [6, 6.07) is 5.48. The third-order valence-electron chi connectivity index (χ3n) is 1.49. The minimum Gasteiger partial charge on any atom is -0.492 e. The van der Waals surface area contributed by atoms with Gasteiger partial charge in [-0.3, -0.25) is 0 Å². The summed E-state index contributed by atoms with van der Waals surface area (Å²) in [7, 11) is 0. The van der Waals surface area contributed by atoms with Crippen LogP contribution in [-0.2, 0) is 0 Å². The summed E-state index contributed by atoms with van der Waals surface area (Å²) >= 11 is 10.1. The van der Waals surface area contributed by atoms with Gasteiger partial charge in [-0.25, -0.2) is 0 Å². The summed E-state index contributed by atoms with van der Waals surface area (Å²) in [4.78, 5) is 0.849. The molecule has 0 unspecified atom stereocenters. The van der Waals surface area contributed by atoms with Gasteiger partial charge in [0.15, 0.2) is 0 Å². The highest BCUT2D eigenvalue weighted by molar-refractivity contribution is 7.80. The zero-order valence-corrected chi connectivity index (χ0v) is 9.40. The largest absolute Gasteiger partial charge is 0.492 e. The SMILES string of the molecule is CC(C)COc1ccc(S)cc1Cl. The molecule has 1 rings (SSSR count). The summed E-state index contributed by atoms with van der Waals surface area (Å²) in [5.41, 5.74) is 0.